The molecule has 0 aromatic heterocycles. The molecular weight excluding hydrogens is 293 g/mol. The van der Waals surface area contributed by atoms with Crippen LogP contribution in [0.1, 0.15) is 10.4 Å². The number of carbonyl (C=O) groups excluding carboxylic acids is 1. The van der Waals surface area contributed by atoms with Crippen molar-refractivity contribution in [3.63, 3.8) is 0 Å². The molecule has 0 saturated carbocycles. The molecule has 0 bridgehead atoms. The van der Waals surface area contributed by atoms with Crippen LogP contribution in [0, 0.1) is 0 Å². The number of alkyl halides is 3. The van der Waals surface area contributed by atoms with Crippen molar-refractivity contribution in [2.24, 2.45) is 0 Å². The zero-order valence-electron chi connectivity index (χ0n) is 7.56. The number of ether oxygens (including phenoxy) is 1. The maximum absolute atomic E-state index is 12.7. The van der Waals surface area contributed by atoms with Crippen LogP contribution in [0.2, 0.25) is 5.02 Å². The summed E-state index contributed by atoms with van der Waals surface area (Å²) in [5.41, 5.74) is -0.258. The number of halogens is 4. The highest BCUT2D eigenvalue weighted by Gasteiger charge is 2.37. The largest absolute Gasteiger partial charge is 0.496 e. The second-order valence-corrected chi connectivity index (χ2v) is 4.10. The lowest BCUT2D eigenvalue weighted by Crippen LogP contribution is -2.21. The predicted molar refractivity (Wildman–Crippen MR) is 56.2 cm³/mol. The van der Waals surface area contributed by atoms with E-state index in [4.69, 9.17) is 16.3 Å². The highest BCUT2D eigenvalue weighted by Crippen LogP contribution is 2.32. The Labute approximate surface area is 98.3 Å². The number of benzene rings is 1. The van der Waals surface area contributed by atoms with Crippen LogP contribution in [0.5, 0.6) is 5.75 Å². The van der Waals surface area contributed by atoms with Crippen LogP contribution in [-0.4, -0.2) is 17.7 Å². The summed E-state index contributed by atoms with van der Waals surface area (Å²) >= 11 is 7.59. The van der Waals surface area contributed by atoms with E-state index in [0.717, 1.165) is 6.07 Å². The molecule has 0 radical (unpaired) electrons. The van der Waals surface area contributed by atoms with Gasteiger partial charge in [-0.3, -0.25) is 4.79 Å². The molecule has 0 unspecified atom stereocenters. The minimum Gasteiger partial charge on any atom is -0.496 e. The third-order valence-corrected chi connectivity index (χ3v) is 2.26. The Morgan fingerprint density at radius 2 is 2.13 bits per heavy atom. The van der Waals surface area contributed by atoms with Gasteiger partial charge in [0.1, 0.15) is 5.75 Å². The molecule has 0 heterocycles. The Morgan fingerprint density at radius 3 is 2.60 bits per heavy atom. The van der Waals surface area contributed by atoms with E-state index in [1.54, 1.807) is 0 Å². The number of Topliss-reactive ketones (excluding diaryl/α,β-unsaturated/α-hetero) is 1. The summed E-state index contributed by atoms with van der Waals surface area (Å²) in [5, 5.41) is 0.191. The summed E-state index contributed by atoms with van der Waals surface area (Å²) < 4.78 is 30.2. The monoisotopic (exact) mass is 298 g/mol. The van der Waals surface area contributed by atoms with Crippen molar-refractivity contribution in [1.29, 1.82) is 0 Å². The van der Waals surface area contributed by atoms with Crippen LogP contribution < -0.4 is 4.74 Å². The average Bonchev–Trinajstić information content (AvgIpc) is 2.15. The van der Waals surface area contributed by atoms with Gasteiger partial charge in [-0.2, -0.15) is 8.78 Å². The number of hydrogen-bond acceptors (Lipinski definition) is 2. The molecule has 0 fully saturated rings. The van der Waals surface area contributed by atoms with E-state index in [-0.39, 0.29) is 16.3 Å². The first-order valence-electron chi connectivity index (χ1n) is 3.81. The smallest absolute Gasteiger partial charge is 0.363 e. The molecule has 82 valence electrons. The Morgan fingerprint density at radius 1 is 1.53 bits per heavy atom. The zero-order chi connectivity index (χ0) is 11.6. The van der Waals surface area contributed by atoms with E-state index < -0.39 is 10.6 Å². The normalized spacial score (nSPS) is 11.3. The molecule has 15 heavy (non-hydrogen) atoms. The summed E-state index contributed by atoms with van der Waals surface area (Å²) in [7, 11) is 1.28. The number of rotatable bonds is 3. The van der Waals surface area contributed by atoms with Gasteiger partial charge in [0.15, 0.2) is 0 Å². The topological polar surface area (TPSA) is 26.3 Å². The Balaban J connectivity index is 3.23. The van der Waals surface area contributed by atoms with E-state index in [2.05, 4.69) is 0 Å². The molecule has 2 nitrogen and oxygen atoms in total. The predicted octanol–water partition coefficient (Wildman–Crippen LogP) is 3.52. The zero-order valence-corrected chi connectivity index (χ0v) is 9.90. The van der Waals surface area contributed by atoms with Gasteiger partial charge in [-0.15, -0.1) is 0 Å². The molecule has 0 N–H and O–H groups in total. The van der Waals surface area contributed by atoms with Crippen molar-refractivity contribution in [3.8, 4) is 5.75 Å². The Kier molecular flexibility index (Phi) is 3.67. The molecule has 0 amide bonds. The summed E-state index contributed by atoms with van der Waals surface area (Å²) in [6.45, 7) is 0. The molecule has 0 aliphatic rings. The van der Waals surface area contributed by atoms with Crippen LogP contribution in [0.3, 0.4) is 0 Å². The number of hydrogen-bond donors (Lipinski definition) is 0. The third-order valence-electron chi connectivity index (χ3n) is 1.66. The van der Waals surface area contributed by atoms with Crippen LogP contribution in [0.4, 0.5) is 8.78 Å². The highest BCUT2D eigenvalue weighted by atomic mass is 79.9. The second-order valence-electron chi connectivity index (χ2n) is 2.67. The molecule has 0 aliphatic carbocycles. The van der Waals surface area contributed by atoms with Crippen molar-refractivity contribution in [1.82, 2.24) is 0 Å². The molecule has 1 aromatic rings. The molecule has 0 saturated heterocycles. The molecule has 0 aliphatic heterocycles. The maximum atomic E-state index is 12.7. The van der Waals surface area contributed by atoms with Gasteiger partial charge in [-0.25, -0.2) is 0 Å². The first kappa shape index (κ1) is 12.4. The van der Waals surface area contributed by atoms with E-state index in [1.807, 2.05) is 15.9 Å². The summed E-state index contributed by atoms with van der Waals surface area (Å²) in [4.78, 5) is 7.64. The first-order valence-corrected chi connectivity index (χ1v) is 4.98. The molecule has 0 atom stereocenters. The van der Waals surface area contributed by atoms with Crippen molar-refractivity contribution in [2.75, 3.05) is 7.11 Å². The lowest BCUT2D eigenvalue weighted by Gasteiger charge is -2.11. The standard InChI is InChI=1S/C9H6BrClF2O2/c1-15-7-3-2-5(11)4-6(7)8(14)9(10,12)13/h2-4H,1H3. The van der Waals surface area contributed by atoms with Gasteiger partial charge in [-0.05, 0) is 34.1 Å². The third kappa shape index (κ3) is 2.89. The van der Waals surface area contributed by atoms with Crippen molar-refractivity contribution >= 4 is 33.3 Å². The molecular formula is C9H6BrClF2O2. The van der Waals surface area contributed by atoms with Gasteiger partial charge in [0.05, 0.1) is 12.7 Å². The van der Waals surface area contributed by atoms with Gasteiger partial charge in [0.25, 0.3) is 0 Å². The highest BCUT2D eigenvalue weighted by molar-refractivity contribution is 9.10. The van der Waals surface area contributed by atoms with Gasteiger partial charge < -0.3 is 4.74 Å². The van der Waals surface area contributed by atoms with Gasteiger partial charge >= 0.3 is 4.83 Å². The van der Waals surface area contributed by atoms with E-state index in [9.17, 15) is 13.6 Å². The van der Waals surface area contributed by atoms with Gasteiger partial charge in [0.2, 0.25) is 5.78 Å². The fourth-order valence-corrected chi connectivity index (χ4v) is 1.40. The molecule has 1 rings (SSSR count). The summed E-state index contributed by atoms with van der Waals surface area (Å²) in [5.74, 6) is -1.33. The minimum absolute atomic E-state index is 0.0588. The van der Waals surface area contributed by atoms with Crippen LogP contribution in [0.25, 0.3) is 0 Å². The first-order chi connectivity index (χ1) is 6.86. The van der Waals surface area contributed by atoms with Gasteiger partial charge in [0, 0.05) is 5.02 Å². The van der Waals surface area contributed by atoms with Crippen molar-refractivity contribution < 1.29 is 18.3 Å². The van der Waals surface area contributed by atoms with Gasteiger partial charge in [-0.1, -0.05) is 11.6 Å². The van der Waals surface area contributed by atoms with E-state index in [1.165, 1.54) is 19.2 Å². The Bertz CT molecular complexity index is 390. The maximum Gasteiger partial charge on any atom is 0.363 e. The van der Waals surface area contributed by atoms with Crippen LogP contribution in [0.15, 0.2) is 18.2 Å². The molecule has 6 heteroatoms. The number of ketones is 1. The molecule has 1 aromatic carbocycles. The number of carbonyl (C=O) groups is 1. The molecule has 0 spiro atoms. The summed E-state index contributed by atoms with van der Waals surface area (Å²) in [6.07, 6.45) is 0. The van der Waals surface area contributed by atoms with Crippen molar-refractivity contribution in [2.45, 2.75) is 4.83 Å². The quantitative estimate of drug-likeness (QED) is 0.630. The summed E-state index contributed by atoms with van der Waals surface area (Å²) in [6, 6.07) is 3.94. The average molecular weight is 299 g/mol. The van der Waals surface area contributed by atoms with Crippen molar-refractivity contribution in [3.05, 3.63) is 28.8 Å². The Hall–Kier alpha value is -0.680. The minimum atomic E-state index is -3.62. The second kappa shape index (κ2) is 4.45. The van der Waals surface area contributed by atoms with Crippen LogP contribution in [-0.2, 0) is 0 Å². The fraction of sp³-hybridized carbons (Fsp3) is 0.222. The fourth-order valence-electron chi connectivity index (χ4n) is 1.01. The lowest BCUT2D eigenvalue weighted by atomic mass is 10.1. The lowest BCUT2D eigenvalue weighted by molar-refractivity contribution is 0.0589. The van der Waals surface area contributed by atoms with E-state index >= 15 is 0 Å². The van der Waals surface area contributed by atoms with Crippen LogP contribution >= 0.6 is 27.5 Å². The SMILES string of the molecule is COc1ccc(Cl)cc1C(=O)C(F)(F)Br. The van der Waals surface area contributed by atoms with E-state index in [0.29, 0.717) is 0 Å². The number of methoxy groups -OCH3 is 1.